The van der Waals surface area contributed by atoms with Gasteiger partial charge in [-0.25, -0.2) is 8.78 Å². The summed E-state index contributed by atoms with van der Waals surface area (Å²) in [6.07, 6.45) is -2.98. The minimum absolute atomic E-state index is 0.0105. The van der Waals surface area contributed by atoms with Gasteiger partial charge in [-0.15, -0.1) is 0 Å². The Morgan fingerprint density at radius 2 is 2.05 bits per heavy atom. The average molecular weight is 300 g/mol. The van der Waals surface area contributed by atoms with Crippen molar-refractivity contribution in [3.63, 3.8) is 0 Å². The van der Waals surface area contributed by atoms with Crippen LogP contribution in [-0.2, 0) is 9.59 Å². The third-order valence-corrected chi connectivity index (χ3v) is 3.07. The van der Waals surface area contributed by atoms with Crippen LogP contribution in [-0.4, -0.2) is 60.4 Å². The molecule has 0 bridgehead atoms. The molecule has 1 atom stereocenters. The molecule has 1 rings (SSSR count). The molecule has 116 valence electrons. The molecule has 0 aromatic carbocycles. The standard InChI is InChI=1S/C11H16F4N2O3/c12-9(13)11(14,15)10(20)17-3-1-2-7(6-17)4-16-5-8(18)19/h7,9,16H,1-6H2,(H,18,19). The first kappa shape index (κ1) is 16.7. The summed E-state index contributed by atoms with van der Waals surface area (Å²) >= 11 is 0. The van der Waals surface area contributed by atoms with Crippen molar-refractivity contribution >= 4 is 11.9 Å². The van der Waals surface area contributed by atoms with Crippen LogP contribution in [0.3, 0.4) is 0 Å². The van der Waals surface area contributed by atoms with Crippen molar-refractivity contribution in [1.82, 2.24) is 10.2 Å². The maximum atomic E-state index is 13.0. The van der Waals surface area contributed by atoms with Crippen LogP contribution in [0.4, 0.5) is 17.6 Å². The summed E-state index contributed by atoms with van der Waals surface area (Å²) in [6.45, 7) is -0.113. The fourth-order valence-corrected chi connectivity index (χ4v) is 2.10. The fourth-order valence-electron chi connectivity index (χ4n) is 2.10. The minimum Gasteiger partial charge on any atom is -0.480 e. The van der Waals surface area contributed by atoms with Crippen molar-refractivity contribution in [2.24, 2.45) is 5.92 Å². The Morgan fingerprint density at radius 3 is 2.60 bits per heavy atom. The predicted octanol–water partition coefficient (Wildman–Crippen LogP) is 0.800. The lowest BCUT2D eigenvalue weighted by Crippen LogP contribution is -2.52. The third-order valence-electron chi connectivity index (χ3n) is 3.07. The van der Waals surface area contributed by atoms with Crippen LogP contribution in [0.5, 0.6) is 0 Å². The molecular formula is C11H16F4N2O3. The molecule has 0 aliphatic carbocycles. The lowest BCUT2D eigenvalue weighted by atomic mass is 9.97. The lowest BCUT2D eigenvalue weighted by Gasteiger charge is -2.34. The number of aliphatic carboxylic acids is 1. The first-order valence-electron chi connectivity index (χ1n) is 6.13. The van der Waals surface area contributed by atoms with E-state index in [0.29, 0.717) is 12.8 Å². The van der Waals surface area contributed by atoms with Gasteiger partial charge in [-0.05, 0) is 18.8 Å². The number of carbonyl (C=O) groups excluding carboxylic acids is 1. The van der Waals surface area contributed by atoms with Gasteiger partial charge >= 0.3 is 18.3 Å². The Bertz CT molecular complexity index is 366. The number of likely N-dealkylation sites (tertiary alicyclic amines) is 1. The number of piperidine rings is 1. The van der Waals surface area contributed by atoms with E-state index >= 15 is 0 Å². The number of carbonyl (C=O) groups is 2. The quantitative estimate of drug-likeness (QED) is 0.712. The van der Waals surface area contributed by atoms with E-state index in [4.69, 9.17) is 5.11 Å². The highest BCUT2D eigenvalue weighted by molar-refractivity contribution is 5.84. The maximum Gasteiger partial charge on any atom is 0.383 e. The summed E-state index contributed by atoms with van der Waals surface area (Å²) in [7, 11) is 0. The molecule has 5 nitrogen and oxygen atoms in total. The normalized spacial score (nSPS) is 20.2. The van der Waals surface area contributed by atoms with Gasteiger partial charge in [-0.1, -0.05) is 0 Å². The highest BCUT2D eigenvalue weighted by Crippen LogP contribution is 2.27. The molecule has 1 fully saturated rings. The highest BCUT2D eigenvalue weighted by Gasteiger charge is 2.51. The Hall–Kier alpha value is -1.38. The van der Waals surface area contributed by atoms with E-state index in [2.05, 4.69) is 5.32 Å². The average Bonchev–Trinajstić information content (AvgIpc) is 2.37. The topological polar surface area (TPSA) is 69.6 Å². The van der Waals surface area contributed by atoms with Gasteiger partial charge in [0, 0.05) is 19.6 Å². The summed E-state index contributed by atoms with van der Waals surface area (Å²) in [5.41, 5.74) is 0. The first-order chi connectivity index (χ1) is 9.25. The summed E-state index contributed by atoms with van der Waals surface area (Å²) in [4.78, 5) is 22.4. The number of alkyl halides is 4. The number of carboxylic acid groups (broad SMARTS) is 1. The summed E-state index contributed by atoms with van der Waals surface area (Å²) in [6, 6.07) is 0. The molecule has 9 heteroatoms. The molecule has 2 N–H and O–H groups in total. The van der Waals surface area contributed by atoms with E-state index in [1.807, 2.05) is 0 Å². The number of nitrogens with one attached hydrogen (secondary N) is 1. The second-order valence-corrected chi connectivity index (χ2v) is 4.71. The van der Waals surface area contributed by atoms with Gasteiger partial charge in [-0.3, -0.25) is 9.59 Å². The van der Waals surface area contributed by atoms with Crippen molar-refractivity contribution in [1.29, 1.82) is 0 Å². The Morgan fingerprint density at radius 1 is 1.40 bits per heavy atom. The molecule has 1 amide bonds. The summed E-state index contributed by atoms with van der Waals surface area (Å²) in [5.74, 6) is -7.81. The molecule has 0 aromatic heterocycles. The Balaban J connectivity index is 2.52. The largest absolute Gasteiger partial charge is 0.480 e. The van der Waals surface area contributed by atoms with E-state index in [1.165, 1.54) is 0 Å². The number of halogens is 4. The van der Waals surface area contributed by atoms with Gasteiger partial charge in [0.25, 0.3) is 5.91 Å². The number of amides is 1. The molecule has 1 saturated heterocycles. The molecule has 1 aliphatic rings. The van der Waals surface area contributed by atoms with E-state index in [9.17, 15) is 27.2 Å². The number of hydrogen-bond donors (Lipinski definition) is 2. The maximum absolute atomic E-state index is 13.0. The minimum atomic E-state index is -4.67. The zero-order valence-corrected chi connectivity index (χ0v) is 10.6. The second-order valence-electron chi connectivity index (χ2n) is 4.71. The van der Waals surface area contributed by atoms with E-state index in [0.717, 1.165) is 4.90 Å². The number of nitrogens with zero attached hydrogens (tertiary/aromatic N) is 1. The van der Waals surface area contributed by atoms with Crippen LogP contribution >= 0.6 is 0 Å². The number of carboxylic acids is 1. The van der Waals surface area contributed by atoms with Crippen molar-refractivity contribution < 1.29 is 32.3 Å². The van der Waals surface area contributed by atoms with E-state index < -0.39 is 24.2 Å². The van der Waals surface area contributed by atoms with Crippen molar-refractivity contribution in [2.45, 2.75) is 25.2 Å². The zero-order valence-electron chi connectivity index (χ0n) is 10.6. The van der Waals surface area contributed by atoms with E-state index in [-0.39, 0.29) is 32.1 Å². The summed E-state index contributed by atoms with van der Waals surface area (Å²) < 4.78 is 50.2. The van der Waals surface area contributed by atoms with Gasteiger partial charge in [0.1, 0.15) is 0 Å². The molecule has 1 unspecified atom stereocenters. The molecule has 1 heterocycles. The molecule has 0 aromatic rings. The summed E-state index contributed by atoms with van der Waals surface area (Å²) in [5, 5.41) is 11.0. The van der Waals surface area contributed by atoms with Crippen LogP contribution in [0, 0.1) is 5.92 Å². The SMILES string of the molecule is O=C(O)CNCC1CCCN(C(=O)C(F)(F)C(F)F)C1. The van der Waals surface area contributed by atoms with Crippen molar-refractivity contribution in [2.75, 3.05) is 26.2 Å². The smallest absolute Gasteiger partial charge is 0.383 e. The van der Waals surface area contributed by atoms with Gasteiger partial charge in [-0.2, -0.15) is 8.78 Å². The predicted molar refractivity (Wildman–Crippen MR) is 60.8 cm³/mol. The van der Waals surface area contributed by atoms with Gasteiger partial charge in [0.2, 0.25) is 0 Å². The van der Waals surface area contributed by atoms with E-state index in [1.54, 1.807) is 0 Å². The lowest BCUT2D eigenvalue weighted by molar-refractivity contribution is -0.182. The third kappa shape index (κ3) is 4.32. The molecule has 1 aliphatic heterocycles. The van der Waals surface area contributed by atoms with Crippen LogP contribution in [0.1, 0.15) is 12.8 Å². The fraction of sp³-hybridized carbons (Fsp3) is 0.818. The van der Waals surface area contributed by atoms with Crippen LogP contribution in [0.2, 0.25) is 0 Å². The number of rotatable bonds is 6. The zero-order chi connectivity index (χ0) is 15.3. The van der Waals surface area contributed by atoms with Crippen LogP contribution in [0.25, 0.3) is 0 Å². The molecule has 20 heavy (non-hydrogen) atoms. The Labute approximate surface area is 112 Å². The van der Waals surface area contributed by atoms with Crippen molar-refractivity contribution in [3.05, 3.63) is 0 Å². The van der Waals surface area contributed by atoms with Crippen molar-refractivity contribution in [3.8, 4) is 0 Å². The second kappa shape index (κ2) is 6.87. The van der Waals surface area contributed by atoms with Gasteiger partial charge in [0.15, 0.2) is 0 Å². The molecule has 0 spiro atoms. The number of hydrogen-bond acceptors (Lipinski definition) is 3. The van der Waals surface area contributed by atoms with Gasteiger partial charge in [0.05, 0.1) is 6.54 Å². The molecular weight excluding hydrogens is 284 g/mol. The highest BCUT2D eigenvalue weighted by atomic mass is 19.3. The van der Waals surface area contributed by atoms with Crippen LogP contribution < -0.4 is 5.32 Å². The van der Waals surface area contributed by atoms with Crippen LogP contribution in [0.15, 0.2) is 0 Å². The first-order valence-corrected chi connectivity index (χ1v) is 6.13. The van der Waals surface area contributed by atoms with Gasteiger partial charge < -0.3 is 15.3 Å². The molecule has 0 radical (unpaired) electrons. The molecule has 0 saturated carbocycles. The Kier molecular flexibility index (Phi) is 5.73. The monoisotopic (exact) mass is 300 g/mol.